The summed E-state index contributed by atoms with van der Waals surface area (Å²) in [6.45, 7) is 6.45. The molecule has 2 rings (SSSR count). The number of aromatic nitrogens is 2. The summed E-state index contributed by atoms with van der Waals surface area (Å²) in [5.41, 5.74) is 1.02. The van der Waals surface area contributed by atoms with Gasteiger partial charge in [0.1, 0.15) is 5.82 Å². The lowest BCUT2D eigenvalue weighted by Crippen LogP contribution is -2.38. The quantitative estimate of drug-likeness (QED) is 0.893. The van der Waals surface area contributed by atoms with Crippen LogP contribution in [-0.4, -0.2) is 41.1 Å². The van der Waals surface area contributed by atoms with Gasteiger partial charge in [0.2, 0.25) is 5.95 Å². The highest BCUT2D eigenvalue weighted by molar-refractivity contribution is 8.00. The smallest absolute Gasteiger partial charge is 0.224 e. The van der Waals surface area contributed by atoms with Crippen LogP contribution >= 0.6 is 11.8 Å². The van der Waals surface area contributed by atoms with E-state index >= 15 is 0 Å². The third kappa shape index (κ3) is 3.03. The van der Waals surface area contributed by atoms with Crippen LogP contribution in [0.4, 0.5) is 11.8 Å². The van der Waals surface area contributed by atoms with E-state index < -0.39 is 0 Å². The zero-order valence-corrected chi connectivity index (χ0v) is 11.5. The summed E-state index contributed by atoms with van der Waals surface area (Å²) >= 11 is 2.08. The maximum atomic E-state index is 4.54. The van der Waals surface area contributed by atoms with Crippen molar-refractivity contribution in [2.24, 2.45) is 0 Å². The molecule has 1 aliphatic rings. The van der Waals surface area contributed by atoms with E-state index in [-0.39, 0.29) is 0 Å². The van der Waals surface area contributed by atoms with Gasteiger partial charge in [0.05, 0.1) is 0 Å². The first-order chi connectivity index (χ1) is 8.22. The van der Waals surface area contributed by atoms with Crippen LogP contribution in [0.25, 0.3) is 0 Å². The van der Waals surface area contributed by atoms with E-state index in [4.69, 9.17) is 0 Å². The molecule has 1 saturated heterocycles. The molecule has 1 atom stereocenters. The largest absolute Gasteiger partial charge is 0.357 e. The molecule has 5 heteroatoms. The lowest BCUT2D eigenvalue weighted by molar-refractivity contribution is 0.718. The summed E-state index contributed by atoms with van der Waals surface area (Å²) in [4.78, 5) is 11.2. The topological polar surface area (TPSA) is 41.1 Å². The van der Waals surface area contributed by atoms with Gasteiger partial charge >= 0.3 is 0 Å². The fourth-order valence-electron chi connectivity index (χ4n) is 2.00. The van der Waals surface area contributed by atoms with Gasteiger partial charge in [-0.2, -0.15) is 16.7 Å². The third-order valence-corrected chi connectivity index (χ3v) is 4.35. The number of nitrogens with zero attached hydrogens (tertiary/aromatic N) is 3. The molecule has 0 saturated carbocycles. The summed E-state index contributed by atoms with van der Waals surface area (Å²) in [5, 5.41) is 3.75. The Balaban J connectivity index is 2.18. The molecule has 1 unspecified atom stereocenters. The van der Waals surface area contributed by atoms with Gasteiger partial charge in [-0.05, 0) is 13.3 Å². The van der Waals surface area contributed by atoms with E-state index in [1.807, 2.05) is 14.0 Å². The maximum absolute atomic E-state index is 4.54. The van der Waals surface area contributed by atoms with Crippen LogP contribution in [0, 0.1) is 6.92 Å². The predicted octanol–water partition coefficient (Wildman–Crippen LogP) is 2.16. The van der Waals surface area contributed by atoms with Crippen LogP contribution in [0.3, 0.4) is 0 Å². The van der Waals surface area contributed by atoms with Crippen molar-refractivity contribution in [3.8, 4) is 0 Å². The number of thioether (sulfide) groups is 1. The Labute approximate surface area is 107 Å². The van der Waals surface area contributed by atoms with E-state index in [1.54, 1.807) is 0 Å². The Hall–Kier alpha value is -0.970. The van der Waals surface area contributed by atoms with Gasteiger partial charge < -0.3 is 10.2 Å². The Morgan fingerprint density at radius 3 is 3.06 bits per heavy atom. The van der Waals surface area contributed by atoms with Gasteiger partial charge in [-0.1, -0.05) is 6.92 Å². The molecule has 0 amide bonds. The summed E-state index contributed by atoms with van der Waals surface area (Å²) in [6, 6.07) is 2.07. The second-order valence-electron chi connectivity index (χ2n) is 4.29. The highest BCUT2D eigenvalue weighted by atomic mass is 32.2. The molecule has 17 heavy (non-hydrogen) atoms. The van der Waals surface area contributed by atoms with Crippen molar-refractivity contribution in [1.29, 1.82) is 0 Å². The SMILES string of the molecule is CCC1CN(c2cc(C)nc(NC)n2)CCS1. The number of anilines is 2. The number of hydrogen-bond acceptors (Lipinski definition) is 5. The molecular weight excluding hydrogens is 232 g/mol. The molecule has 2 heterocycles. The summed E-state index contributed by atoms with van der Waals surface area (Å²) in [5.74, 6) is 2.96. The van der Waals surface area contributed by atoms with Gasteiger partial charge in [0.25, 0.3) is 0 Å². The molecule has 0 aromatic carbocycles. The number of hydrogen-bond donors (Lipinski definition) is 1. The molecule has 1 aromatic rings. The van der Waals surface area contributed by atoms with Crippen molar-refractivity contribution in [3.63, 3.8) is 0 Å². The molecule has 0 aliphatic carbocycles. The molecule has 1 aliphatic heterocycles. The van der Waals surface area contributed by atoms with Crippen LogP contribution in [0.5, 0.6) is 0 Å². The molecule has 4 nitrogen and oxygen atoms in total. The standard InChI is InChI=1S/C12H20N4S/c1-4-10-8-16(5-6-17-10)11-7-9(2)14-12(13-3)15-11/h7,10H,4-6,8H2,1-3H3,(H,13,14,15). The fraction of sp³-hybridized carbons (Fsp3) is 0.667. The Kier molecular flexibility index (Phi) is 4.10. The molecule has 1 fully saturated rings. The van der Waals surface area contributed by atoms with Crippen molar-refractivity contribution < 1.29 is 0 Å². The summed E-state index contributed by atoms with van der Waals surface area (Å²) < 4.78 is 0. The number of nitrogens with one attached hydrogen (secondary N) is 1. The lowest BCUT2D eigenvalue weighted by atomic mass is 10.3. The Morgan fingerprint density at radius 2 is 2.35 bits per heavy atom. The fourth-order valence-corrected chi connectivity index (χ4v) is 3.18. The minimum absolute atomic E-state index is 0.714. The van der Waals surface area contributed by atoms with Crippen LogP contribution in [0.15, 0.2) is 6.07 Å². The monoisotopic (exact) mass is 252 g/mol. The lowest BCUT2D eigenvalue weighted by Gasteiger charge is -2.33. The average Bonchev–Trinajstić information content (AvgIpc) is 2.38. The number of rotatable bonds is 3. The van der Waals surface area contributed by atoms with Crippen molar-refractivity contribution in [2.75, 3.05) is 36.1 Å². The zero-order valence-electron chi connectivity index (χ0n) is 10.7. The predicted molar refractivity (Wildman–Crippen MR) is 75.1 cm³/mol. The Morgan fingerprint density at radius 1 is 1.53 bits per heavy atom. The molecule has 0 spiro atoms. The minimum atomic E-state index is 0.714. The molecule has 1 aromatic heterocycles. The van der Waals surface area contributed by atoms with E-state index in [2.05, 4.69) is 44.9 Å². The summed E-state index contributed by atoms with van der Waals surface area (Å²) in [6.07, 6.45) is 1.23. The van der Waals surface area contributed by atoms with E-state index in [1.165, 1.54) is 12.2 Å². The average molecular weight is 252 g/mol. The van der Waals surface area contributed by atoms with Crippen molar-refractivity contribution in [1.82, 2.24) is 9.97 Å². The van der Waals surface area contributed by atoms with E-state index in [9.17, 15) is 0 Å². The van der Waals surface area contributed by atoms with Crippen LogP contribution in [-0.2, 0) is 0 Å². The highest BCUT2D eigenvalue weighted by Gasteiger charge is 2.20. The molecule has 1 N–H and O–H groups in total. The van der Waals surface area contributed by atoms with Crippen LogP contribution < -0.4 is 10.2 Å². The van der Waals surface area contributed by atoms with E-state index in [0.717, 1.165) is 29.9 Å². The second-order valence-corrected chi connectivity index (χ2v) is 5.70. The van der Waals surface area contributed by atoms with Crippen molar-refractivity contribution >= 4 is 23.5 Å². The van der Waals surface area contributed by atoms with Gasteiger partial charge in [0, 0.05) is 42.9 Å². The third-order valence-electron chi connectivity index (χ3n) is 2.98. The maximum Gasteiger partial charge on any atom is 0.224 e. The van der Waals surface area contributed by atoms with Crippen molar-refractivity contribution in [2.45, 2.75) is 25.5 Å². The first-order valence-electron chi connectivity index (χ1n) is 6.13. The number of aryl methyl sites for hydroxylation is 1. The van der Waals surface area contributed by atoms with Gasteiger partial charge in [-0.15, -0.1) is 0 Å². The first kappa shape index (κ1) is 12.5. The van der Waals surface area contributed by atoms with Crippen molar-refractivity contribution in [3.05, 3.63) is 11.8 Å². The molecule has 0 radical (unpaired) electrons. The first-order valence-corrected chi connectivity index (χ1v) is 7.17. The van der Waals surface area contributed by atoms with Gasteiger partial charge in [0.15, 0.2) is 0 Å². The summed E-state index contributed by atoms with van der Waals surface area (Å²) in [7, 11) is 1.86. The van der Waals surface area contributed by atoms with Gasteiger partial charge in [-0.25, -0.2) is 4.98 Å². The molecule has 94 valence electrons. The van der Waals surface area contributed by atoms with Crippen LogP contribution in [0.1, 0.15) is 19.0 Å². The molecular formula is C12H20N4S. The van der Waals surface area contributed by atoms with Gasteiger partial charge in [-0.3, -0.25) is 0 Å². The van der Waals surface area contributed by atoms with Crippen LogP contribution in [0.2, 0.25) is 0 Å². The molecule has 0 bridgehead atoms. The van der Waals surface area contributed by atoms with E-state index in [0.29, 0.717) is 5.95 Å². The minimum Gasteiger partial charge on any atom is -0.357 e. The normalized spacial score (nSPS) is 20.4. The zero-order chi connectivity index (χ0) is 12.3. The highest BCUT2D eigenvalue weighted by Crippen LogP contribution is 2.25. The Bertz CT molecular complexity index is 383. The second kappa shape index (κ2) is 5.58.